The van der Waals surface area contributed by atoms with Crippen molar-refractivity contribution in [3.05, 3.63) is 83.7 Å². The van der Waals surface area contributed by atoms with Crippen LogP contribution in [0.1, 0.15) is 57.3 Å². The predicted molar refractivity (Wildman–Crippen MR) is 278 cm³/mol. The highest BCUT2D eigenvalue weighted by Gasteiger charge is 2.37. The van der Waals surface area contributed by atoms with Gasteiger partial charge in [-0.25, -0.2) is 13.6 Å². The largest absolute Gasteiger partial charge is 0.481 e. The first-order chi connectivity index (χ1) is 35.7. The minimum atomic E-state index is -1.29. The van der Waals surface area contributed by atoms with E-state index in [-0.39, 0.29) is 101 Å². The topological polar surface area (TPSA) is 313 Å². The van der Waals surface area contributed by atoms with Gasteiger partial charge < -0.3 is 71.2 Å². The zero-order valence-corrected chi connectivity index (χ0v) is 44.1. The molecule has 0 fully saturated rings. The number of nitrogens with two attached hydrogens (primary N) is 2. The van der Waals surface area contributed by atoms with E-state index >= 15 is 4.39 Å². The van der Waals surface area contributed by atoms with E-state index in [1.165, 1.54) is 0 Å². The molecule has 4 atom stereocenters. The molecule has 416 valence electrons. The van der Waals surface area contributed by atoms with E-state index < -0.39 is 89.0 Å². The Balaban J connectivity index is 1.36. The van der Waals surface area contributed by atoms with E-state index in [0.29, 0.717) is 30.8 Å². The second-order valence-electron chi connectivity index (χ2n) is 18.0. The summed E-state index contributed by atoms with van der Waals surface area (Å²) in [4.78, 5) is 87.3. The van der Waals surface area contributed by atoms with Crippen molar-refractivity contribution < 1.29 is 76.6 Å². The number of aromatic nitrogens is 1. The van der Waals surface area contributed by atoms with Crippen LogP contribution in [0, 0.1) is 17.0 Å². The molecule has 2 aromatic carbocycles. The maximum atomic E-state index is 15.2. The average Bonchev–Trinajstić information content (AvgIpc) is 3.76. The molecular formula is C50H71F2N7O14S2. The summed E-state index contributed by atoms with van der Waals surface area (Å²) in [6, 6.07) is 11.5. The van der Waals surface area contributed by atoms with Crippen LogP contribution in [0.2, 0.25) is 0 Å². The van der Waals surface area contributed by atoms with Gasteiger partial charge in [-0.15, -0.1) is 23.5 Å². The molecule has 1 heterocycles. The Hall–Kier alpha value is -5.67. The zero-order valence-electron chi connectivity index (χ0n) is 42.5. The summed E-state index contributed by atoms with van der Waals surface area (Å²) >= 11 is 1.83. The molecule has 0 aliphatic heterocycles. The SMILES string of the molecule is CC(C)(C)[C@H](c1cc(-c2cc(F)ccc2F)cn1Cc1ccccc1)N(CCCN)C(=O)CSC[C@H](NC(=O)CCOCCOCCOCCOCCNC(=O)CNC(=O)C(CC(=O)O)SCC(N)C(=O)O)C(=O)O. The molecule has 25 heteroatoms. The molecule has 3 aromatic rings. The number of benzene rings is 2. The lowest BCUT2D eigenvalue weighted by Crippen LogP contribution is -2.45. The van der Waals surface area contributed by atoms with Crippen LogP contribution in [0.4, 0.5) is 8.78 Å². The molecule has 3 rings (SSSR count). The van der Waals surface area contributed by atoms with Gasteiger partial charge >= 0.3 is 17.9 Å². The fourth-order valence-corrected chi connectivity index (χ4v) is 9.27. The van der Waals surface area contributed by atoms with E-state index in [0.717, 1.165) is 47.3 Å². The van der Waals surface area contributed by atoms with Crippen molar-refractivity contribution in [1.29, 1.82) is 0 Å². The second-order valence-corrected chi connectivity index (χ2v) is 20.3. The van der Waals surface area contributed by atoms with Gasteiger partial charge in [0.1, 0.15) is 23.7 Å². The Morgan fingerprint density at radius 3 is 2.04 bits per heavy atom. The van der Waals surface area contributed by atoms with Crippen LogP contribution in [0.3, 0.4) is 0 Å². The fourth-order valence-electron chi connectivity index (χ4n) is 7.27. The summed E-state index contributed by atoms with van der Waals surface area (Å²) in [5.74, 6) is -7.57. The number of aliphatic carboxylic acids is 3. The highest BCUT2D eigenvalue weighted by Crippen LogP contribution is 2.41. The van der Waals surface area contributed by atoms with E-state index in [1.807, 2.05) is 55.7 Å². The number of amides is 4. The van der Waals surface area contributed by atoms with E-state index in [1.54, 1.807) is 17.2 Å². The zero-order chi connectivity index (χ0) is 55.3. The Labute approximate surface area is 443 Å². The van der Waals surface area contributed by atoms with Crippen molar-refractivity contribution in [3.8, 4) is 11.1 Å². The van der Waals surface area contributed by atoms with Gasteiger partial charge in [-0.3, -0.25) is 28.8 Å². The Kier molecular flexibility index (Phi) is 28.9. The number of carbonyl (C=O) groups excluding carboxylic acids is 4. The highest BCUT2D eigenvalue weighted by molar-refractivity contribution is 8.00. The maximum absolute atomic E-state index is 15.2. The predicted octanol–water partition coefficient (Wildman–Crippen LogP) is 2.73. The number of nitrogens with zero attached hydrogens (tertiary/aromatic N) is 2. The van der Waals surface area contributed by atoms with Crippen LogP contribution in [-0.2, 0) is 59.1 Å². The molecule has 0 radical (unpaired) electrons. The third-order valence-electron chi connectivity index (χ3n) is 10.9. The van der Waals surface area contributed by atoms with Crippen molar-refractivity contribution in [3.63, 3.8) is 0 Å². The minimum absolute atomic E-state index is 0.00185. The van der Waals surface area contributed by atoms with Gasteiger partial charge in [0, 0.05) is 60.6 Å². The molecule has 2 unspecified atom stereocenters. The van der Waals surface area contributed by atoms with Crippen molar-refractivity contribution in [2.45, 2.75) is 70.0 Å². The third kappa shape index (κ3) is 24.3. The fraction of sp³-hybridized carbons (Fsp3) is 0.540. The van der Waals surface area contributed by atoms with Gasteiger partial charge in [-0.1, -0.05) is 51.1 Å². The van der Waals surface area contributed by atoms with Crippen molar-refractivity contribution >= 4 is 65.1 Å². The maximum Gasteiger partial charge on any atom is 0.327 e. The number of ether oxygens (including phenoxy) is 4. The number of hydrogen-bond acceptors (Lipinski definition) is 15. The standard InChI is InChI=1S/C50H71F2N7O14S2/c1-50(2,3)46(40-24-34(36-25-35(51)10-11-37(36)52)29-58(40)28-33-8-5-4-6-9-33)59(15-7-13-53)44(62)32-74-31-39(49(68)69)57-42(60)12-16-70-18-20-72-22-23-73-21-19-71-17-14-55-43(61)27-56-47(65)41(26-45(63)64)75-30-38(54)48(66)67/h4-6,8-11,24-25,29,38-39,41,46H,7,12-23,26-28,30-32,53-54H2,1-3H3,(H,55,61)(H,56,65)(H,57,60)(H,63,64)(H,66,67)(H,68,69)/t38?,39-,41?,46-/m0/s1. The number of carboxylic acids is 3. The Morgan fingerprint density at radius 2 is 1.44 bits per heavy atom. The lowest BCUT2D eigenvalue weighted by molar-refractivity contribution is -0.141. The lowest BCUT2D eigenvalue weighted by Gasteiger charge is -2.41. The Bertz CT molecular complexity index is 2290. The molecule has 21 nitrogen and oxygen atoms in total. The molecule has 0 saturated heterocycles. The summed E-state index contributed by atoms with van der Waals surface area (Å²) in [5.41, 5.74) is 12.9. The number of rotatable bonds is 38. The van der Waals surface area contributed by atoms with Crippen LogP contribution in [0.25, 0.3) is 11.1 Å². The van der Waals surface area contributed by atoms with Crippen LogP contribution in [0.5, 0.6) is 0 Å². The lowest BCUT2D eigenvalue weighted by atomic mass is 9.83. The molecule has 0 aliphatic rings. The van der Waals surface area contributed by atoms with Gasteiger partial charge in [-0.05, 0) is 48.2 Å². The summed E-state index contributed by atoms with van der Waals surface area (Å²) in [6.45, 7) is 8.03. The number of thioether (sulfide) groups is 2. The monoisotopic (exact) mass is 1100 g/mol. The second kappa shape index (κ2) is 34.1. The molecule has 4 amide bonds. The van der Waals surface area contributed by atoms with Gasteiger partial charge in [0.2, 0.25) is 23.6 Å². The smallest absolute Gasteiger partial charge is 0.327 e. The number of hydrogen-bond donors (Lipinski definition) is 8. The summed E-state index contributed by atoms with van der Waals surface area (Å²) in [6.07, 6.45) is 1.52. The molecule has 0 spiro atoms. The van der Waals surface area contributed by atoms with Gasteiger partial charge in [0.25, 0.3) is 0 Å². The summed E-state index contributed by atoms with van der Waals surface area (Å²) in [7, 11) is 0. The van der Waals surface area contributed by atoms with Crippen LogP contribution in [0.15, 0.2) is 60.8 Å². The third-order valence-corrected chi connectivity index (χ3v) is 13.2. The minimum Gasteiger partial charge on any atom is -0.481 e. The average molecular weight is 1100 g/mol. The molecule has 10 N–H and O–H groups in total. The number of nitrogens with one attached hydrogen (secondary N) is 3. The van der Waals surface area contributed by atoms with Crippen LogP contribution in [-0.4, -0.2) is 180 Å². The Morgan fingerprint density at radius 1 is 0.800 bits per heavy atom. The van der Waals surface area contributed by atoms with Crippen LogP contribution < -0.4 is 27.4 Å². The molecule has 75 heavy (non-hydrogen) atoms. The summed E-state index contributed by atoms with van der Waals surface area (Å²) in [5, 5.41) is 34.1. The molecule has 1 aromatic heterocycles. The van der Waals surface area contributed by atoms with Gasteiger partial charge in [-0.2, -0.15) is 0 Å². The molecular weight excluding hydrogens is 1020 g/mol. The normalized spacial score (nSPS) is 13.1. The molecule has 0 aliphatic carbocycles. The first-order valence-electron chi connectivity index (χ1n) is 24.2. The molecule has 0 saturated carbocycles. The highest BCUT2D eigenvalue weighted by atomic mass is 32.2. The van der Waals surface area contributed by atoms with Crippen molar-refractivity contribution in [2.24, 2.45) is 16.9 Å². The first-order valence-corrected chi connectivity index (χ1v) is 26.4. The van der Waals surface area contributed by atoms with Crippen molar-refractivity contribution in [2.75, 3.05) is 96.3 Å². The number of carbonyl (C=O) groups is 7. The van der Waals surface area contributed by atoms with E-state index in [9.17, 15) is 43.1 Å². The van der Waals surface area contributed by atoms with Crippen LogP contribution >= 0.6 is 23.5 Å². The summed E-state index contributed by atoms with van der Waals surface area (Å²) < 4.78 is 53.3. The van der Waals surface area contributed by atoms with Gasteiger partial charge in [0.15, 0.2) is 0 Å². The first kappa shape index (κ1) is 63.6. The molecule has 0 bridgehead atoms. The quantitative estimate of drug-likeness (QED) is 0.0383. The van der Waals surface area contributed by atoms with E-state index in [4.69, 9.17) is 40.6 Å². The number of carboxylic acid groups (broad SMARTS) is 3. The van der Waals surface area contributed by atoms with E-state index in [2.05, 4.69) is 16.0 Å². The van der Waals surface area contributed by atoms with Crippen molar-refractivity contribution in [1.82, 2.24) is 25.4 Å². The number of halogens is 2. The van der Waals surface area contributed by atoms with Gasteiger partial charge in [0.05, 0.1) is 82.9 Å².